The number of hydrogen-bond acceptors (Lipinski definition) is 3. The van der Waals surface area contributed by atoms with Gasteiger partial charge in [0.05, 0.1) is 13.4 Å². The highest BCUT2D eigenvalue weighted by Crippen LogP contribution is 2.30. The van der Waals surface area contributed by atoms with Crippen LogP contribution in [0.5, 0.6) is 5.75 Å². The van der Waals surface area contributed by atoms with E-state index in [1.165, 1.54) is 6.33 Å². The third-order valence-electron chi connectivity index (χ3n) is 4.00. The van der Waals surface area contributed by atoms with Gasteiger partial charge in [0.2, 0.25) is 0 Å². The highest BCUT2D eigenvalue weighted by Gasteiger charge is 2.15. The normalized spacial score (nSPS) is 10.9. The predicted molar refractivity (Wildman–Crippen MR) is 93.7 cm³/mol. The second kappa shape index (κ2) is 5.70. The molecule has 2 heterocycles. The quantitative estimate of drug-likeness (QED) is 0.630. The zero-order chi connectivity index (χ0) is 16.5. The maximum Gasteiger partial charge on any atom is 0.275 e. The van der Waals surface area contributed by atoms with E-state index in [1.54, 1.807) is 7.11 Å². The van der Waals surface area contributed by atoms with Crippen LogP contribution in [-0.2, 0) is 0 Å². The number of aromatic amines is 1. The summed E-state index contributed by atoms with van der Waals surface area (Å²) in [4.78, 5) is 19.5. The van der Waals surface area contributed by atoms with Gasteiger partial charge in [0.25, 0.3) is 5.56 Å². The van der Waals surface area contributed by atoms with Crippen molar-refractivity contribution in [2.75, 3.05) is 7.11 Å². The van der Waals surface area contributed by atoms with Crippen molar-refractivity contribution in [3.8, 4) is 22.6 Å². The van der Waals surface area contributed by atoms with Crippen LogP contribution in [0.4, 0.5) is 0 Å². The van der Waals surface area contributed by atoms with E-state index in [-0.39, 0.29) is 5.56 Å². The smallest absolute Gasteiger partial charge is 0.275 e. The lowest BCUT2D eigenvalue weighted by Gasteiger charge is -2.06. The molecule has 0 amide bonds. The number of H-pyrrole nitrogens is 1. The van der Waals surface area contributed by atoms with E-state index in [4.69, 9.17) is 4.74 Å². The van der Waals surface area contributed by atoms with Crippen molar-refractivity contribution < 1.29 is 4.74 Å². The van der Waals surface area contributed by atoms with Gasteiger partial charge in [0.1, 0.15) is 16.8 Å². The van der Waals surface area contributed by atoms with E-state index in [9.17, 15) is 4.79 Å². The molecule has 2 aromatic carbocycles. The highest BCUT2D eigenvalue weighted by atomic mass is 16.5. The first kappa shape index (κ1) is 14.3. The molecule has 0 saturated carbocycles. The second-order valence-electron chi connectivity index (χ2n) is 5.41. The number of hydrogen-bond donors (Lipinski definition) is 1. The lowest BCUT2D eigenvalue weighted by molar-refractivity contribution is 0.414. The minimum atomic E-state index is -0.176. The third-order valence-corrected chi connectivity index (χ3v) is 4.00. The summed E-state index contributed by atoms with van der Waals surface area (Å²) in [6.07, 6.45) is 3.38. The molecule has 0 spiro atoms. The monoisotopic (exact) mass is 317 g/mol. The summed E-state index contributed by atoms with van der Waals surface area (Å²) in [7, 11) is 1.62. The molecule has 0 bridgehead atoms. The number of nitrogens with zero attached hydrogens (tertiary/aromatic N) is 2. The summed E-state index contributed by atoms with van der Waals surface area (Å²) in [5, 5.41) is 0. The number of nitrogens with one attached hydrogen (secondary N) is 1. The van der Waals surface area contributed by atoms with Crippen molar-refractivity contribution in [3.63, 3.8) is 0 Å². The average molecular weight is 317 g/mol. The predicted octanol–water partition coefficient (Wildman–Crippen LogP) is 3.39. The molecule has 0 aliphatic heterocycles. The van der Waals surface area contributed by atoms with Gasteiger partial charge in [-0.2, -0.15) is 0 Å². The molecule has 0 unspecified atom stereocenters. The van der Waals surface area contributed by atoms with E-state index < -0.39 is 0 Å². The summed E-state index contributed by atoms with van der Waals surface area (Å²) in [5.41, 5.74) is 3.80. The average Bonchev–Trinajstić information content (AvgIpc) is 3.04. The van der Waals surface area contributed by atoms with Crippen molar-refractivity contribution in [1.29, 1.82) is 0 Å². The molecule has 4 rings (SSSR count). The van der Waals surface area contributed by atoms with Crippen molar-refractivity contribution in [2.24, 2.45) is 0 Å². The van der Waals surface area contributed by atoms with Gasteiger partial charge in [-0.05, 0) is 17.7 Å². The summed E-state index contributed by atoms with van der Waals surface area (Å²) in [6, 6.07) is 17.5. The van der Waals surface area contributed by atoms with Crippen molar-refractivity contribution >= 4 is 11.0 Å². The van der Waals surface area contributed by atoms with Crippen LogP contribution in [0.3, 0.4) is 0 Å². The SMILES string of the molecule is COc1cccc(-n2cc(-c3ccccc3)c3nc[nH]c(=O)c32)c1. The summed E-state index contributed by atoms with van der Waals surface area (Å²) in [6.45, 7) is 0. The van der Waals surface area contributed by atoms with Crippen molar-refractivity contribution in [3.05, 3.63) is 77.5 Å². The fraction of sp³-hybridized carbons (Fsp3) is 0.0526. The van der Waals surface area contributed by atoms with E-state index in [0.29, 0.717) is 11.0 Å². The highest BCUT2D eigenvalue weighted by molar-refractivity contribution is 5.93. The van der Waals surface area contributed by atoms with Crippen molar-refractivity contribution in [1.82, 2.24) is 14.5 Å². The number of rotatable bonds is 3. The molecule has 0 aliphatic rings. The van der Waals surface area contributed by atoms with E-state index in [0.717, 1.165) is 22.6 Å². The molecule has 2 aromatic heterocycles. The Morgan fingerprint density at radius 1 is 1.08 bits per heavy atom. The maximum absolute atomic E-state index is 12.4. The van der Waals surface area contributed by atoms with Crippen LogP contribution in [-0.4, -0.2) is 21.6 Å². The zero-order valence-electron chi connectivity index (χ0n) is 13.1. The molecule has 24 heavy (non-hydrogen) atoms. The largest absolute Gasteiger partial charge is 0.497 e. The second-order valence-corrected chi connectivity index (χ2v) is 5.41. The van der Waals surface area contributed by atoms with Crippen LogP contribution in [0.2, 0.25) is 0 Å². The summed E-state index contributed by atoms with van der Waals surface area (Å²) < 4.78 is 7.15. The Bertz CT molecular complexity index is 1060. The summed E-state index contributed by atoms with van der Waals surface area (Å²) >= 11 is 0. The topological polar surface area (TPSA) is 59.9 Å². The number of ether oxygens (including phenoxy) is 1. The van der Waals surface area contributed by atoms with Crippen LogP contribution >= 0.6 is 0 Å². The molecule has 0 radical (unpaired) electrons. The molecule has 0 fully saturated rings. The van der Waals surface area contributed by atoms with Gasteiger partial charge in [0, 0.05) is 23.5 Å². The standard InChI is InChI=1S/C19H15N3O2/c1-24-15-9-5-8-14(10-15)22-11-16(13-6-3-2-4-7-13)17-18(22)19(23)21-12-20-17/h2-12H,1H3,(H,20,21,23). The Balaban J connectivity index is 2.04. The molecule has 4 aromatic rings. The minimum Gasteiger partial charge on any atom is -0.497 e. The zero-order valence-corrected chi connectivity index (χ0v) is 13.1. The maximum atomic E-state index is 12.4. The number of fused-ring (bicyclic) bond motifs is 1. The third kappa shape index (κ3) is 2.27. The lowest BCUT2D eigenvalue weighted by atomic mass is 10.1. The van der Waals surface area contributed by atoms with Crippen LogP contribution in [0.1, 0.15) is 0 Å². The minimum absolute atomic E-state index is 0.176. The van der Waals surface area contributed by atoms with Crippen LogP contribution in [0.25, 0.3) is 27.8 Å². The lowest BCUT2D eigenvalue weighted by Crippen LogP contribution is -2.10. The van der Waals surface area contributed by atoms with Crippen LogP contribution in [0, 0.1) is 0 Å². The van der Waals surface area contributed by atoms with Crippen LogP contribution in [0.15, 0.2) is 71.9 Å². The molecule has 0 aliphatic carbocycles. The number of methoxy groups -OCH3 is 1. The first-order valence-corrected chi connectivity index (χ1v) is 7.56. The van der Waals surface area contributed by atoms with E-state index >= 15 is 0 Å². The molecular weight excluding hydrogens is 302 g/mol. The molecular formula is C19H15N3O2. The van der Waals surface area contributed by atoms with Gasteiger partial charge >= 0.3 is 0 Å². The molecule has 0 saturated heterocycles. The Morgan fingerprint density at radius 2 is 1.92 bits per heavy atom. The first-order valence-electron chi connectivity index (χ1n) is 7.56. The molecule has 5 nitrogen and oxygen atoms in total. The van der Waals surface area contributed by atoms with Gasteiger partial charge in [-0.15, -0.1) is 0 Å². The molecule has 1 N–H and O–H groups in total. The van der Waals surface area contributed by atoms with Crippen molar-refractivity contribution in [2.45, 2.75) is 0 Å². The van der Waals surface area contributed by atoms with E-state index in [1.807, 2.05) is 65.4 Å². The fourth-order valence-electron chi connectivity index (χ4n) is 2.86. The Hall–Kier alpha value is -3.34. The van der Waals surface area contributed by atoms with Gasteiger partial charge in [-0.25, -0.2) is 4.98 Å². The van der Waals surface area contributed by atoms with Gasteiger partial charge in [0.15, 0.2) is 0 Å². The first-order chi connectivity index (χ1) is 11.8. The van der Waals surface area contributed by atoms with Gasteiger partial charge < -0.3 is 14.3 Å². The van der Waals surface area contributed by atoms with Gasteiger partial charge in [-0.1, -0.05) is 36.4 Å². The summed E-state index contributed by atoms with van der Waals surface area (Å²) in [5.74, 6) is 0.732. The fourth-order valence-corrected chi connectivity index (χ4v) is 2.86. The molecule has 0 atom stereocenters. The molecule has 5 heteroatoms. The Labute approximate surface area is 138 Å². The number of aromatic nitrogens is 3. The van der Waals surface area contributed by atoms with E-state index in [2.05, 4.69) is 9.97 Å². The Kier molecular flexibility index (Phi) is 3.39. The molecule has 118 valence electrons. The Morgan fingerprint density at radius 3 is 2.71 bits per heavy atom. The number of benzene rings is 2. The van der Waals surface area contributed by atoms with Crippen LogP contribution < -0.4 is 10.3 Å². The van der Waals surface area contributed by atoms with Gasteiger partial charge in [-0.3, -0.25) is 4.79 Å².